The zero-order valence-electron chi connectivity index (χ0n) is 6.96. The van der Waals surface area contributed by atoms with Crippen molar-refractivity contribution >= 4 is 11.8 Å². The average Bonchev–Trinajstić information content (AvgIpc) is 1.86. The van der Waals surface area contributed by atoms with Gasteiger partial charge in [0.1, 0.15) is 5.78 Å². The molecule has 0 rings (SSSR count). The van der Waals surface area contributed by atoms with Crippen molar-refractivity contribution in [1.29, 1.82) is 0 Å². The quantitative estimate of drug-likeness (QED) is 0.659. The Labute approximate surface area is 66.4 Å². The van der Waals surface area contributed by atoms with Crippen molar-refractivity contribution in [2.75, 3.05) is 0 Å². The summed E-state index contributed by atoms with van der Waals surface area (Å²) in [4.78, 5) is 21.2. The molecule has 0 unspecified atom stereocenters. The first-order valence-electron chi connectivity index (χ1n) is 3.82. The lowest BCUT2D eigenvalue weighted by Gasteiger charge is -2.04. The maximum Gasteiger partial charge on any atom is 0.304 e. The lowest BCUT2D eigenvalue weighted by Crippen LogP contribution is -2.14. The molecule has 0 aliphatic heterocycles. The van der Waals surface area contributed by atoms with Crippen molar-refractivity contribution in [3.63, 3.8) is 0 Å². The molecule has 0 fully saturated rings. The first-order valence-corrected chi connectivity index (χ1v) is 3.82. The molecule has 0 saturated carbocycles. The van der Waals surface area contributed by atoms with Crippen LogP contribution in [-0.2, 0) is 9.59 Å². The van der Waals surface area contributed by atoms with Gasteiger partial charge in [-0.1, -0.05) is 13.8 Å². The van der Waals surface area contributed by atoms with E-state index in [9.17, 15) is 9.59 Å². The number of ketones is 1. The molecule has 0 radical (unpaired) electrons. The van der Waals surface area contributed by atoms with E-state index in [-0.39, 0.29) is 18.1 Å². The number of hydrogen-bond donors (Lipinski definition) is 1. The van der Waals surface area contributed by atoms with Crippen LogP contribution in [0.15, 0.2) is 0 Å². The Bertz CT molecular complexity index is 151. The van der Waals surface area contributed by atoms with Crippen LogP contribution in [0, 0.1) is 5.92 Å². The van der Waals surface area contributed by atoms with Crippen LogP contribution < -0.4 is 0 Å². The van der Waals surface area contributed by atoms with Gasteiger partial charge in [0.15, 0.2) is 0 Å². The molecular formula is C8H14O3. The first kappa shape index (κ1) is 10.1. The minimum absolute atomic E-state index is 0.0428. The molecule has 0 bridgehead atoms. The molecule has 0 aromatic carbocycles. The van der Waals surface area contributed by atoms with E-state index < -0.39 is 5.97 Å². The Morgan fingerprint density at radius 1 is 1.45 bits per heavy atom. The van der Waals surface area contributed by atoms with Crippen molar-refractivity contribution in [1.82, 2.24) is 0 Å². The third kappa shape index (κ3) is 4.53. The van der Waals surface area contributed by atoms with Gasteiger partial charge in [0.25, 0.3) is 0 Å². The summed E-state index contributed by atoms with van der Waals surface area (Å²) in [5.41, 5.74) is 0. The van der Waals surface area contributed by atoms with Gasteiger partial charge < -0.3 is 5.11 Å². The average molecular weight is 158 g/mol. The number of Topliss-reactive ketones (excluding diaryl/α,β-unsaturated/α-hetero) is 1. The van der Waals surface area contributed by atoms with E-state index in [1.54, 1.807) is 6.92 Å². The van der Waals surface area contributed by atoms with E-state index in [0.29, 0.717) is 6.42 Å². The fraction of sp³-hybridized carbons (Fsp3) is 0.750. The summed E-state index contributed by atoms with van der Waals surface area (Å²) < 4.78 is 0. The second-order valence-electron chi connectivity index (χ2n) is 2.72. The smallest absolute Gasteiger partial charge is 0.304 e. The Hall–Kier alpha value is -0.860. The molecule has 1 atom stereocenters. The summed E-state index contributed by atoms with van der Waals surface area (Å²) in [6.07, 6.45) is 1.25. The van der Waals surface area contributed by atoms with Gasteiger partial charge in [-0.3, -0.25) is 9.59 Å². The lowest BCUT2D eigenvalue weighted by atomic mass is 9.99. The first-order chi connectivity index (χ1) is 5.07. The molecule has 0 aliphatic carbocycles. The number of carboxylic acids is 1. The number of carbonyl (C=O) groups excluding carboxylic acids is 1. The number of rotatable bonds is 5. The molecule has 64 valence electrons. The summed E-state index contributed by atoms with van der Waals surface area (Å²) in [5.74, 6) is -1.18. The Morgan fingerprint density at radius 2 is 2.00 bits per heavy atom. The molecule has 0 aromatic rings. The highest BCUT2D eigenvalue weighted by atomic mass is 16.4. The number of carboxylic acid groups (broad SMARTS) is 1. The highest BCUT2D eigenvalue weighted by Crippen LogP contribution is 2.07. The van der Waals surface area contributed by atoms with E-state index in [1.165, 1.54) is 0 Å². The Morgan fingerprint density at radius 3 is 2.36 bits per heavy atom. The van der Waals surface area contributed by atoms with Crippen LogP contribution in [0.3, 0.4) is 0 Å². The lowest BCUT2D eigenvalue weighted by molar-refractivity contribution is -0.140. The van der Waals surface area contributed by atoms with Gasteiger partial charge in [-0.05, 0) is 6.42 Å². The van der Waals surface area contributed by atoms with Crippen molar-refractivity contribution in [3.05, 3.63) is 0 Å². The van der Waals surface area contributed by atoms with Crippen LogP contribution >= 0.6 is 0 Å². The molecular weight excluding hydrogens is 144 g/mol. The minimum atomic E-state index is -0.901. The number of carbonyl (C=O) groups is 2. The van der Waals surface area contributed by atoms with Crippen molar-refractivity contribution in [2.24, 2.45) is 5.92 Å². The maximum absolute atomic E-state index is 11.0. The molecule has 0 saturated heterocycles. The fourth-order valence-corrected chi connectivity index (χ4v) is 0.869. The third-order valence-corrected chi connectivity index (χ3v) is 1.53. The molecule has 0 heterocycles. The molecule has 1 N–H and O–H groups in total. The predicted octanol–water partition coefficient (Wildman–Crippen LogP) is 1.47. The van der Waals surface area contributed by atoms with Crippen LogP contribution in [0.4, 0.5) is 0 Å². The van der Waals surface area contributed by atoms with Gasteiger partial charge in [0.05, 0.1) is 6.42 Å². The highest BCUT2D eigenvalue weighted by Gasteiger charge is 2.14. The predicted molar refractivity (Wildman–Crippen MR) is 41.3 cm³/mol. The minimum Gasteiger partial charge on any atom is -0.481 e. The zero-order chi connectivity index (χ0) is 8.85. The van der Waals surface area contributed by atoms with Crippen LogP contribution in [0.25, 0.3) is 0 Å². The van der Waals surface area contributed by atoms with Crippen LogP contribution in [0.2, 0.25) is 0 Å². The summed E-state index contributed by atoms with van der Waals surface area (Å²) in [7, 11) is 0. The maximum atomic E-state index is 11.0. The summed E-state index contributed by atoms with van der Waals surface area (Å²) in [6, 6.07) is 0. The summed E-state index contributed by atoms with van der Waals surface area (Å²) >= 11 is 0. The van der Waals surface area contributed by atoms with Gasteiger partial charge in [0, 0.05) is 12.3 Å². The van der Waals surface area contributed by atoms with Crippen LogP contribution in [0.5, 0.6) is 0 Å². The van der Waals surface area contributed by atoms with E-state index in [1.807, 2.05) is 6.92 Å². The monoisotopic (exact) mass is 158 g/mol. The number of hydrogen-bond acceptors (Lipinski definition) is 2. The normalized spacial score (nSPS) is 12.5. The van der Waals surface area contributed by atoms with Gasteiger partial charge in [0.2, 0.25) is 0 Å². The topological polar surface area (TPSA) is 54.4 Å². The van der Waals surface area contributed by atoms with Crippen molar-refractivity contribution in [3.8, 4) is 0 Å². The molecule has 0 amide bonds. The third-order valence-electron chi connectivity index (χ3n) is 1.53. The van der Waals surface area contributed by atoms with Gasteiger partial charge in [-0.25, -0.2) is 0 Å². The van der Waals surface area contributed by atoms with Gasteiger partial charge >= 0.3 is 5.97 Å². The molecule has 0 aliphatic rings. The molecule has 0 spiro atoms. The van der Waals surface area contributed by atoms with Crippen LogP contribution in [-0.4, -0.2) is 16.9 Å². The van der Waals surface area contributed by atoms with Gasteiger partial charge in [-0.15, -0.1) is 0 Å². The zero-order valence-corrected chi connectivity index (χ0v) is 6.96. The van der Waals surface area contributed by atoms with E-state index >= 15 is 0 Å². The number of aliphatic carboxylic acids is 1. The van der Waals surface area contributed by atoms with Crippen molar-refractivity contribution < 1.29 is 14.7 Å². The molecule has 3 nitrogen and oxygen atoms in total. The fourth-order valence-electron chi connectivity index (χ4n) is 0.869. The molecule has 3 heteroatoms. The van der Waals surface area contributed by atoms with E-state index in [0.717, 1.165) is 6.42 Å². The second kappa shape index (κ2) is 4.88. The Balaban J connectivity index is 3.73. The van der Waals surface area contributed by atoms with E-state index in [2.05, 4.69) is 0 Å². The Kier molecular flexibility index (Phi) is 4.50. The van der Waals surface area contributed by atoms with Crippen molar-refractivity contribution in [2.45, 2.75) is 33.1 Å². The van der Waals surface area contributed by atoms with Gasteiger partial charge in [-0.2, -0.15) is 0 Å². The summed E-state index contributed by atoms with van der Waals surface area (Å²) in [6.45, 7) is 3.57. The molecule has 11 heavy (non-hydrogen) atoms. The summed E-state index contributed by atoms with van der Waals surface area (Å²) in [5, 5.41) is 8.35. The molecule has 0 aromatic heterocycles. The van der Waals surface area contributed by atoms with Crippen LogP contribution in [0.1, 0.15) is 33.1 Å². The SMILES string of the molecule is CCCC(=O)[C@@H](C)CC(=O)O. The standard InChI is InChI=1S/C8H14O3/c1-3-4-7(9)6(2)5-8(10)11/h6H,3-5H2,1-2H3,(H,10,11)/t6-/m0/s1. The van der Waals surface area contributed by atoms with E-state index in [4.69, 9.17) is 5.11 Å². The largest absolute Gasteiger partial charge is 0.481 e. The highest BCUT2D eigenvalue weighted by molar-refractivity contribution is 5.84. The second-order valence-corrected chi connectivity index (χ2v) is 2.72.